The predicted octanol–water partition coefficient (Wildman–Crippen LogP) is 5.56. The van der Waals surface area contributed by atoms with Crippen LogP contribution < -0.4 is 26.3 Å². The van der Waals surface area contributed by atoms with Crippen LogP contribution in [0, 0.1) is 6.92 Å². The molecule has 5 rings (SSSR count). The summed E-state index contributed by atoms with van der Waals surface area (Å²) in [4.78, 5) is 16.6. The van der Waals surface area contributed by atoms with Gasteiger partial charge in [-0.15, -0.1) is 0 Å². The van der Waals surface area contributed by atoms with Crippen molar-refractivity contribution >= 4 is 34.0 Å². The minimum Gasteiger partial charge on any atom is -0.507 e. The van der Waals surface area contributed by atoms with Crippen LogP contribution in [0.4, 0.5) is 11.4 Å². The summed E-state index contributed by atoms with van der Waals surface area (Å²) in [5, 5.41) is 15.3. The van der Waals surface area contributed by atoms with Gasteiger partial charge in [0.15, 0.2) is 5.96 Å². The molecule has 1 heterocycles. The van der Waals surface area contributed by atoms with Crippen molar-refractivity contribution < 1.29 is 19.4 Å². The van der Waals surface area contributed by atoms with Gasteiger partial charge >= 0.3 is 0 Å². The molecule has 8 heteroatoms. The zero-order valence-corrected chi connectivity index (χ0v) is 22.0. The highest BCUT2D eigenvalue weighted by Gasteiger charge is 2.34. The second kappa shape index (κ2) is 10.6. The number of nitrogens with two attached hydrogens (primary N) is 2. The summed E-state index contributed by atoms with van der Waals surface area (Å²) in [6, 6.07) is 21.8. The molecule has 4 aromatic carbocycles. The van der Waals surface area contributed by atoms with Crippen molar-refractivity contribution in [3.05, 3.63) is 89.5 Å². The quantitative estimate of drug-likeness (QED) is 0.185. The molecular formula is C31H32N4O4. The summed E-state index contributed by atoms with van der Waals surface area (Å²) < 4.78 is 12.6. The van der Waals surface area contributed by atoms with Gasteiger partial charge in [-0.3, -0.25) is 4.79 Å². The molecule has 0 saturated carbocycles. The van der Waals surface area contributed by atoms with Crippen molar-refractivity contribution in [3.63, 3.8) is 0 Å². The summed E-state index contributed by atoms with van der Waals surface area (Å²) in [7, 11) is 0. The van der Waals surface area contributed by atoms with Crippen LogP contribution in [0.3, 0.4) is 0 Å². The zero-order chi connectivity index (χ0) is 27.6. The molecule has 0 spiro atoms. The third-order valence-electron chi connectivity index (χ3n) is 7.14. The lowest BCUT2D eigenvalue weighted by atomic mass is 9.86. The lowest BCUT2D eigenvalue weighted by Gasteiger charge is -2.37. The van der Waals surface area contributed by atoms with Crippen LogP contribution >= 0.6 is 0 Å². The Balaban J connectivity index is 1.19. The Kier molecular flexibility index (Phi) is 7.02. The van der Waals surface area contributed by atoms with Crippen molar-refractivity contribution in [2.45, 2.75) is 38.7 Å². The maximum Gasteiger partial charge on any atom is 0.255 e. The molecule has 1 amide bonds. The number of hydrogen-bond donors (Lipinski definition) is 4. The highest BCUT2D eigenvalue weighted by molar-refractivity contribution is 6.04. The van der Waals surface area contributed by atoms with Gasteiger partial charge in [-0.1, -0.05) is 30.3 Å². The minimum absolute atomic E-state index is 0.0686. The molecule has 0 saturated heterocycles. The number of rotatable bonds is 7. The van der Waals surface area contributed by atoms with E-state index in [1.807, 2.05) is 43.3 Å². The van der Waals surface area contributed by atoms with Crippen LogP contribution in [0.25, 0.3) is 10.8 Å². The van der Waals surface area contributed by atoms with E-state index in [4.69, 9.17) is 20.9 Å². The van der Waals surface area contributed by atoms with E-state index in [0.29, 0.717) is 41.5 Å². The Bertz CT molecular complexity index is 1560. The number of fused-ring (bicyclic) bond motifs is 3. The lowest BCUT2D eigenvalue weighted by molar-refractivity contribution is 0.0437. The fourth-order valence-electron chi connectivity index (χ4n) is 4.93. The first kappa shape index (κ1) is 25.9. The lowest BCUT2D eigenvalue weighted by Crippen LogP contribution is -2.38. The van der Waals surface area contributed by atoms with Gasteiger partial charge in [-0.2, -0.15) is 0 Å². The van der Waals surface area contributed by atoms with E-state index >= 15 is 0 Å². The number of carbonyl (C=O) groups is 1. The fraction of sp³-hybridized carbons (Fsp3) is 0.226. The average Bonchev–Trinajstić information content (AvgIpc) is 2.92. The number of phenols is 1. The first-order valence-electron chi connectivity index (χ1n) is 12.9. The van der Waals surface area contributed by atoms with Gasteiger partial charge in [0, 0.05) is 34.0 Å². The van der Waals surface area contributed by atoms with Crippen molar-refractivity contribution in [2.24, 2.45) is 16.5 Å². The standard InChI is InChI=1S/C31H32N4O4/c1-19-24-14-15-31(2,39-28(24)26-9-4-3-8-25(26)27(19)36)16-17-38-23-12-10-21(11-13-23)34-29(37)20-6-5-7-22(18-20)35-30(32)33/h3-13,18,36H,14-17H2,1-2H3,(H,34,37)(H4,32,33,35). The molecule has 39 heavy (non-hydrogen) atoms. The van der Waals surface area contributed by atoms with Crippen LogP contribution in [-0.4, -0.2) is 29.2 Å². The summed E-state index contributed by atoms with van der Waals surface area (Å²) in [5.41, 5.74) is 14.0. The molecule has 1 unspecified atom stereocenters. The molecule has 4 aromatic rings. The first-order valence-corrected chi connectivity index (χ1v) is 12.9. The fourth-order valence-corrected chi connectivity index (χ4v) is 4.93. The zero-order valence-electron chi connectivity index (χ0n) is 22.0. The number of nitrogens with zero attached hydrogens (tertiary/aromatic N) is 1. The number of benzene rings is 4. The van der Waals surface area contributed by atoms with Crippen LogP contribution in [0.1, 0.15) is 41.3 Å². The van der Waals surface area contributed by atoms with Crippen LogP contribution in [-0.2, 0) is 6.42 Å². The molecule has 1 atom stereocenters. The van der Waals surface area contributed by atoms with E-state index in [9.17, 15) is 9.90 Å². The van der Waals surface area contributed by atoms with Crippen molar-refractivity contribution in [1.82, 2.24) is 0 Å². The number of aliphatic imine (C=N–C) groups is 1. The Morgan fingerprint density at radius 3 is 2.56 bits per heavy atom. The number of aromatic hydroxyl groups is 1. The first-order chi connectivity index (χ1) is 18.7. The SMILES string of the molecule is Cc1c2c(c3ccccc3c1O)OC(C)(CCOc1ccc(NC(=O)c3cccc(N=C(N)N)c3)cc1)CC2. The maximum absolute atomic E-state index is 12.6. The Labute approximate surface area is 227 Å². The van der Waals surface area contributed by atoms with E-state index in [0.717, 1.165) is 40.5 Å². The molecule has 0 fully saturated rings. The third-order valence-corrected chi connectivity index (χ3v) is 7.14. The Morgan fingerprint density at radius 2 is 1.82 bits per heavy atom. The monoisotopic (exact) mass is 524 g/mol. The molecule has 1 aliphatic heterocycles. The molecule has 0 aromatic heterocycles. The van der Waals surface area contributed by atoms with E-state index in [2.05, 4.69) is 17.2 Å². The number of guanidine groups is 1. The van der Waals surface area contributed by atoms with Crippen molar-refractivity contribution in [1.29, 1.82) is 0 Å². The normalized spacial score (nSPS) is 16.2. The largest absolute Gasteiger partial charge is 0.507 e. The molecule has 1 aliphatic rings. The smallest absolute Gasteiger partial charge is 0.255 e. The van der Waals surface area contributed by atoms with E-state index in [1.165, 1.54) is 0 Å². The van der Waals surface area contributed by atoms with Gasteiger partial charge in [-0.05, 0) is 74.7 Å². The van der Waals surface area contributed by atoms with E-state index < -0.39 is 0 Å². The van der Waals surface area contributed by atoms with E-state index in [1.54, 1.807) is 36.4 Å². The van der Waals surface area contributed by atoms with Crippen molar-refractivity contribution in [3.8, 4) is 17.2 Å². The molecular weight excluding hydrogens is 492 g/mol. The van der Waals surface area contributed by atoms with Gasteiger partial charge in [0.2, 0.25) is 0 Å². The maximum atomic E-state index is 12.6. The molecule has 0 aliphatic carbocycles. The topological polar surface area (TPSA) is 132 Å². The molecule has 0 bridgehead atoms. The number of amides is 1. The third kappa shape index (κ3) is 5.60. The Hall–Kier alpha value is -4.72. The van der Waals surface area contributed by atoms with E-state index in [-0.39, 0.29) is 17.5 Å². The molecule has 200 valence electrons. The van der Waals surface area contributed by atoms with Crippen LogP contribution in [0.15, 0.2) is 77.8 Å². The predicted molar refractivity (Wildman–Crippen MR) is 154 cm³/mol. The van der Waals surface area contributed by atoms with Gasteiger partial charge in [0.05, 0.1) is 12.3 Å². The molecule has 8 nitrogen and oxygen atoms in total. The summed E-state index contributed by atoms with van der Waals surface area (Å²) in [6.45, 7) is 4.53. The second-order valence-corrected chi connectivity index (χ2v) is 10.0. The highest BCUT2D eigenvalue weighted by Crippen LogP contribution is 2.45. The second-order valence-electron chi connectivity index (χ2n) is 10.0. The van der Waals surface area contributed by atoms with Crippen molar-refractivity contribution in [2.75, 3.05) is 11.9 Å². The van der Waals surface area contributed by atoms with Crippen LogP contribution in [0.2, 0.25) is 0 Å². The summed E-state index contributed by atoms with van der Waals surface area (Å²) in [5.74, 6) is 1.56. The minimum atomic E-state index is -0.389. The van der Waals surface area contributed by atoms with Gasteiger partial charge in [0.1, 0.15) is 22.8 Å². The number of ether oxygens (including phenoxy) is 2. The summed E-state index contributed by atoms with van der Waals surface area (Å²) in [6.07, 6.45) is 2.36. The number of phenolic OH excluding ortho intramolecular Hbond substituents is 1. The number of nitrogens with one attached hydrogen (secondary N) is 1. The van der Waals surface area contributed by atoms with Crippen LogP contribution in [0.5, 0.6) is 17.2 Å². The Morgan fingerprint density at radius 1 is 1.08 bits per heavy atom. The summed E-state index contributed by atoms with van der Waals surface area (Å²) >= 11 is 0. The average molecular weight is 525 g/mol. The number of carbonyl (C=O) groups excluding carboxylic acids is 1. The highest BCUT2D eigenvalue weighted by atomic mass is 16.5. The molecule has 0 radical (unpaired) electrons. The molecule has 6 N–H and O–H groups in total. The number of anilines is 1. The van der Waals surface area contributed by atoms with Gasteiger partial charge < -0.3 is 31.4 Å². The van der Waals surface area contributed by atoms with Gasteiger partial charge in [-0.25, -0.2) is 4.99 Å². The van der Waals surface area contributed by atoms with Gasteiger partial charge in [0.25, 0.3) is 5.91 Å². The number of hydrogen-bond acceptors (Lipinski definition) is 5.